The Morgan fingerprint density at radius 3 is 1.82 bits per heavy atom. The summed E-state index contributed by atoms with van der Waals surface area (Å²) in [6.45, 7) is 4.97. The van der Waals surface area contributed by atoms with E-state index in [1.165, 1.54) is 0 Å². The highest BCUT2D eigenvalue weighted by molar-refractivity contribution is 6.00. The molecule has 6 heteroatoms. The van der Waals surface area contributed by atoms with Crippen LogP contribution in [0, 0.1) is 23.2 Å². The molecule has 2 atom stereocenters. The molecule has 1 aliphatic rings. The number of hydrogen-bond acceptors (Lipinski definition) is 4. The summed E-state index contributed by atoms with van der Waals surface area (Å²) in [7, 11) is 0. The van der Waals surface area contributed by atoms with Crippen LogP contribution in [0.1, 0.15) is 20.8 Å². The van der Waals surface area contributed by atoms with Gasteiger partial charge in [-0.1, -0.05) is 13.8 Å². The molecule has 0 amide bonds. The SMILES string of the molecule is CCOC(=O)C1(C(C)C)C(C(=O)O)C1C(=O)O. The molecule has 0 aliphatic heterocycles. The molecule has 2 N–H and O–H groups in total. The summed E-state index contributed by atoms with van der Waals surface area (Å²) < 4.78 is 4.83. The van der Waals surface area contributed by atoms with Crippen LogP contribution >= 0.6 is 0 Å². The Labute approximate surface area is 98.6 Å². The van der Waals surface area contributed by atoms with Crippen molar-refractivity contribution in [2.45, 2.75) is 20.8 Å². The predicted molar refractivity (Wildman–Crippen MR) is 56.2 cm³/mol. The van der Waals surface area contributed by atoms with Gasteiger partial charge in [-0.05, 0) is 12.8 Å². The molecule has 6 nitrogen and oxygen atoms in total. The third-order valence-electron chi connectivity index (χ3n) is 3.37. The average Bonchev–Trinajstić information content (AvgIpc) is 2.88. The van der Waals surface area contributed by atoms with E-state index in [0.29, 0.717) is 0 Å². The lowest BCUT2D eigenvalue weighted by Crippen LogP contribution is -2.30. The van der Waals surface area contributed by atoms with Gasteiger partial charge in [0.1, 0.15) is 0 Å². The second-order valence-electron chi connectivity index (χ2n) is 4.44. The van der Waals surface area contributed by atoms with Crippen molar-refractivity contribution in [2.24, 2.45) is 23.2 Å². The first-order chi connectivity index (χ1) is 7.81. The Hall–Kier alpha value is -1.59. The first-order valence-electron chi connectivity index (χ1n) is 5.44. The molecular formula is C11H16O6. The number of carboxylic acids is 2. The lowest BCUT2D eigenvalue weighted by molar-refractivity contribution is -0.157. The van der Waals surface area contributed by atoms with Gasteiger partial charge in [0.05, 0.1) is 23.9 Å². The highest BCUT2D eigenvalue weighted by Gasteiger charge is 2.78. The molecule has 0 radical (unpaired) electrons. The fourth-order valence-electron chi connectivity index (χ4n) is 2.56. The summed E-state index contributed by atoms with van der Waals surface area (Å²) >= 11 is 0. The van der Waals surface area contributed by atoms with Gasteiger partial charge in [0.2, 0.25) is 0 Å². The van der Waals surface area contributed by atoms with Crippen molar-refractivity contribution in [3.8, 4) is 0 Å². The molecule has 0 aromatic heterocycles. The highest BCUT2D eigenvalue weighted by Crippen LogP contribution is 2.64. The van der Waals surface area contributed by atoms with E-state index in [-0.39, 0.29) is 6.61 Å². The minimum absolute atomic E-state index is 0.103. The van der Waals surface area contributed by atoms with Crippen molar-refractivity contribution in [2.75, 3.05) is 6.61 Å². The van der Waals surface area contributed by atoms with Crippen LogP contribution in [0.2, 0.25) is 0 Å². The van der Waals surface area contributed by atoms with Gasteiger partial charge < -0.3 is 14.9 Å². The summed E-state index contributed by atoms with van der Waals surface area (Å²) in [6, 6.07) is 0. The third-order valence-corrected chi connectivity index (χ3v) is 3.37. The standard InChI is InChI=1S/C11H16O6/c1-4-17-10(16)11(5(2)3)6(8(12)13)7(11)9(14)15/h5-7H,4H2,1-3H3,(H,12,13)(H,14,15). The molecule has 1 fully saturated rings. The lowest BCUT2D eigenvalue weighted by Gasteiger charge is -2.19. The van der Waals surface area contributed by atoms with Crippen LogP contribution in [0.3, 0.4) is 0 Å². The Bertz CT molecular complexity index is 339. The number of carboxylic acid groups (broad SMARTS) is 2. The normalized spacial score (nSPS) is 31.1. The smallest absolute Gasteiger partial charge is 0.314 e. The zero-order chi connectivity index (χ0) is 13.4. The van der Waals surface area contributed by atoms with Crippen LogP contribution < -0.4 is 0 Å². The number of carbonyl (C=O) groups excluding carboxylic acids is 1. The Morgan fingerprint density at radius 2 is 1.59 bits per heavy atom. The van der Waals surface area contributed by atoms with E-state index in [9.17, 15) is 14.4 Å². The van der Waals surface area contributed by atoms with Gasteiger partial charge >= 0.3 is 17.9 Å². The number of hydrogen-bond donors (Lipinski definition) is 2. The zero-order valence-corrected chi connectivity index (χ0v) is 9.97. The summed E-state index contributed by atoms with van der Waals surface area (Å²) in [6.07, 6.45) is 0. The van der Waals surface area contributed by atoms with Gasteiger partial charge in [-0.15, -0.1) is 0 Å². The second-order valence-corrected chi connectivity index (χ2v) is 4.44. The number of aliphatic carboxylic acids is 2. The highest BCUT2D eigenvalue weighted by atomic mass is 16.5. The van der Waals surface area contributed by atoms with Crippen molar-refractivity contribution in [3.05, 3.63) is 0 Å². The predicted octanol–water partition coefficient (Wildman–Crippen LogP) is 0.607. The molecule has 0 heterocycles. The molecule has 0 aromatic carbocycles. The van der Waals surface area contributed by atoms with E-state index in [4.69, 9.17) is 14.9 Å². The number of esters is 1. The molecule has 17 heavy (non-hydrogen) atoms. The molecule has 2 unspecified atom stereocenters. The van der Waals surface area contributed by atoms with Crippen LogP contribution in [-0.2, 0) is 19.1 Å². The van der Waals surface area contributed by atoms with Crippen LogP contribution in [0.15, 0.2) is 0 Å². The van der Waals surface area contributed by atoms with E-state index >= 15 is 0 Å². The fourth-order valence-corrected chi connectivity index (χ4v) is 2.56. The van der Waals surface area contributed by atoms with Crippen molar-refractivity contribution < 1.29 is 29.3 Å². The topological polar surface area (TPSA) is 101 Å². The molecule has 0 saturated heterocycles. The molecule has 1 aliphatic carbocycles. The van der Waals surface area contributed by atoms with Gasteiger partial charge in [0.15, 0.2) is 0 Å². The number of rotatable bonds is 5. The zero-order valence-electron chi connectivity index (χ0n) is 9.97. The molecular weight excluding hydrogens is 228 g/mol. The fraction of sp³-hybridized carbons (Fsp3) is 0.727. The summed E-state index contributed by atoms with van der Waals surface area (Å²) in [5.74, 6) is -6.05. The van der Waals surface area contributed by atoms with Gasteiger partial charge in [-0.3, -0.25) is 14.4 Å². The minimum Gasteiger partial charge on any atom is -0.481 e. The number of carbonyl (C=O) groups is 3. The Kier molecular flexibility index (Phi) is 3.45. The minimum atomic E-state index is -1.42. The lowest BCUT2D eigenvalue weighted by atomic mass is 9.88. The Balaban J connectivity index is 3.13. The maximum Gasteiger partial charge on any atom is 0.314 e. The van der Waals surface area contributed by atoms with Crippen molar-refractivity contribution in [1.82, 2.24) is 0 Å². The first-order valence-corrected chi connectivity index (χ1v) is 5.44. The first kappa shape index (κ1) is 13.5. The van der Waals surface area contributed by atoms with Crippen LogP contribution in [0.5, 0.6) is 0 Å². The van der Waals surface area contributed by atoms with Gasteiger partial charge in [-0.25, -0.2) is 0 Å². The van der Waals surface area contributed by atoms with E-state index in [2.05, 4.69) is 0 Å². The van der Waals surface area contributed by atoms with Gasteiger partial charge in [-0.2, -0.15) is 0 Å². The van der Waals surface area contributed by atoms with Crippen molar-refractivity contribution >= 4 is 17.9 Å². The van der Waals surface area contributed by atoms with Crippen molar-refractivity contribution in [3.63, 3.8) is 0 Å². The maximum atomic E-state index is 11.8. The van der Waals surface area contributed by atoms with E-state index in [0.717, 1.165) is 0 Å². The quantitative estimate of drug-likeness (QED) is 0.687. The molecule has 0 bridgehead atoms. The molecule has 1 rings (SSSR count). The van der Waals surface area contributed by atoms with E-state index in [1.54, 1.807) is 20.8 Å². The largest absolute Gasteiger partial charge is 0.481 e. The van der Waals surface area contributed by atoms with E-state index < -0.39 is 41.1 Å². The molecule has 96 valence electrons. The van der Waals surface area contributed by atoms with Crippen LogP contribution in [0.4, 0.5) is 0 Å². The second kappa shape index (κ2) is 4.35. The van der Waals surface area contributed by atoms with E-state index in [1.807, 2.05) is 0 Å². The molecule has 0 aromatic rings. The summed E-state index contributed by atoms with van der Waals surface area (Å²) in [4.78, 5) is 33.9. The summed E-state index contributed by atoms with van der Waals surface area (Å²) in [5, 5.41) is 18.0. The Morgan fingerprint density at radius 1 is 1.18 bits per heavy atom. The maximum absolute atomic E-state index is 11.8. The number of ether oxygens (including phenoxy) is 1. The van der Waals surface area contributed by atoms with Crippen molar-refractivity contribution in [1.29, 1.82) is 0 Å². The van der Waals surface area contributed by atoms with Gasteiger partial charge in [0.25, 0.3) is 0 Å². The van der Waals surface area contributed by atoms with Gasteiger partial charge in [0, 0.05) is 0 Å². The third kappa shape index (κ3) is 1.77. The monoisotopic (exact) mass is 244 g/mol. The average molecular weight is 244 g/mol. The summed E-state index contributed by atoms with van der Waals surface area (Å²) in [5.41, 5.74) is -1.42. The van der Waals surface area contributed by atoms with Crippen LogP contribution in [-0.4, -0.2) is 34.7 Å². The molecule has 1 saturated carbocycles. The molecule has 0 spiro atoms. The van der Waals surface area contributed by atoms with Crippen LogP contribution in [0.25, 0.3) is 0 Å².